The average molecular weight is 311 g/mol. The maximum absolute atomic E-state index is 6.17. The zero-order valence-corrected chi connectivity index (χ0v) is 13.1. The summed E-state index contributed by atoms with van der Waals surface area (Å²) in [6, 6.07) is 3.78. The second kappa shape index (κ2) is 7.28. The van der Waals surface area contributed by atoms with Crippen LogP contribution in [-0.4, -0.2) is 35.5 Å². The molecule has 6 nitrogen and oxygen atoms in total. The van der Waals surface area contributed by atoms with Gasteiger partial charge in [-0.25, -0.2) is 4.98 Å². The number of rotatable bonds is 7. The first-order valence-electron chi connectivity index (χ1n) is 6.59. The van der Waals surface area contributed by atoms with Crippen LogP contribution in [0.25, 0.3) is 0 Å². The molecule has 0 amide bonds. The molecule has 1 aromatic heterocycles. The van der Waals surface area contributed by atoms with Gasteiger partial charge < -0.3 is 14.8 Å². The van der Waals surface area contributed by atoms with E-state index in [0.29, 0.717) is 23.1 Å². The molecule has 1 N–H and O–H groups in total. The molecular formula is C14H19ClN4O2. The summed E-state index contributed by atoms with van der Waals surface area (Å²) >= 11 is 6.17. The highest BCUT2D eigenvalue weighted by Crippen LogP contribution is 2.35. The Hall–Kier alpha value is -1.79. The summed E-state index contributed by atoms with van der Waals surface area (Å²) in [5, 5.41) is 8.10. The highest BCUT2D eigenvalue weighted by molar-refractivity contribution is 6.32. The number of nitrogens with zero attached hydrogens (tertiary/aromatic N) is 3. The van der Waals surface area contributed by atoms with Gasteiger partial charge in [-0.05, 0) is 17.7 Å². The Labute approximate surface area is 129 Å². The smallest absolute Gasteiger partial charge is 0.179 e. The van der Waals surface area contributed by atoms with E-state index in [1.54, 1.807) is 25.2 Å². The number of halogens is 1. The highest BCUT2D eigenvalue weighted by Gasteiger charge is 2.10. The first kappa shape index (κ1) is 15.6. The van der Waals surface area contributed by atoms with E-state index in [2.05, 4.69) is 15.4 Å². The van der Waals surface area contributed by atoms with E-state index in [0.717, 1.165) is 24.4 Å². The normalized spacial score (nSPS) is 10.7. The maximum Gasteiger partial charge on any atom is 0.179 e. The number of benzene rings is 1. The van der Waals surface area contributed by atoms with Crippen molar-refractivity contribution in [3.05, 3.63) is 34.9 Å². The SMILES string of the molecule is COc1cc(CNCCc2ncn(C)n2)cc(Cl)c1OC. The molecule has 0 aliphatic rings. The summed E-state index contributed by atoms with van der Waals surface area (Å²) in [6.07, 6.45) is 2.48. The third-order valence-electron chi connectivity index (χ3n) is 2.99. The number of aromatic nitrogens is 3. The van der Waals surface area contributed by atoms with Crippen molar-refractivity contribution in [3.63, 3.8) is 0 Å². The van der Waals surface area contributed by atoms with Gasteiger partial charge in [-0.2, -0.15) is 5.10 Å². The number of methoxy groups -OCH3 is 2. The molecule has 0 radical (unpaired) electrons. The molecule has 1 heterocycles. The fourth-order valence-electron chi connectivity index (χ4n) is 2.00. The standard InChI is InChI=1S/C14H19ClN4O2/c1-19-9-17-13(18-19)4-5-16-8-10-6-11(15)14(21-3)12(7-10)20-2/h6-7,9,16H,4-5,8H2,1-3H3. The molecule has 21 heavy (non-hydrogen) atoms. The molecule has 0 fully saturated rings. The lowest BCUT2D eigenvalue weighted by Gasteiger charge is -2.12. The highest BCUT2D eigenvalue weighted by atomic mass is 35.5. The number of hydrogen-bond donors (Lipinski definition) is 1. The van der Waals surface area contributed by atoms with Crippen LogP contribution in [0, 0.1) is 0 Å². The van der Waals surface area contributed by atoms with Crippen molar-refractivity contribution in [1.29, 1.82) is 0 Å². The Morgan fingerprint density at radius 3 is 2.71 bits per heavy atom. The van der Waals surface area contributed by atoms with Crippen molar-refractivity contribution < 1.29 is 9.47 Å². The topological polar surface area (TPSA) is 61.2 Å². The quantitative estimate of drug-likeness (QED) is 0.790. The molecule has 7 heteroatoms. The molecule has 2 rings (SSSR count). The summed E-state index contributed by atoms with van der Waals surface area (Å²) in [5.74, 6) is 2.02. The molecule has 0 aliphatic carbocycles. The van der Waals surface area contributed by atoms with E-state index in [9.17, 15) is 0 Å². The molecule has 0 atom stereocenters. The minimum absolute atomic E-state index is 0.542. The summed E-state index contributed by atoms with van der Waals surface area (Å²) in [4.78, 5) is 4.18. The second-order valence-electron chi connectivity index (χ2n) is 4.57. The van der Waals surface area contributed by atoms with Crippen LogP contribution in [0.1, 0.15) is 11.4 Å². The third-order valence-corrected chi connectivity index (χ3v) is 3.28. The van der Waals surface area contributed by atoms with Crippen LogP contribution < -0.4 is 14.8 Å². The minimum atomic E-state index is 0.542. The lowest BCUT2D eigenvalue weighted by molar-refractivity contribution is 0.354. The number of nitrogens with one attached hydrogen (secondary N) is 1. The maximum atomic E-state index is 6.17. The minimum Gasteiger partial charge on any atom is -0.493 e. The second-order valence-corrected chi connectivity index (χ2v) is 4.98. The molecular weight excluding hydrogens is 292 g/mol. The van der Waals surface area contributed by atoms with Gasteiger partial charge in [0.1, 0.15) is 6.33 Å². The van der Waals surface area contributed by atoms with Gasteiger partial charge in [-0.15, -0.1) is 0 Å². The van der Waals surface area contributed by atoms with Crippen LogP contribution in [0.3, 0.4) is 0 Å². The Bertz CT molecular complexity index is 601. The average Bonchev–Trinajstić information content (AvgIpc) is 2.88. The summed E-state index contributed by atoms with van der Waals surface area (Å²) in [7, 11) is 5.02. The zero-order chi connectivity index (χ0) is 15.2. The first-order valence-corrected chi connectivity index (χ1v) is 6.97. The Kier molecular flexibility index (Phi) is 5.41. The van der Waals surface area contributed by atoms with Crippen molar-refractivity contribution in [1.82, 2.24) is 20.1 Å². The molecule has 0 spiro atoms. The molecule has 1 aromatic carbocycles. The predicted octanol–water partition coefficient (Wildman–Crippen LogP) is 1.82. The fourth-order valence-corrected chi connectivity index (χ4v) is 2.32. The molecule has 2 aromatic rings. The molecule has 114 valence electrons. The third kappa shape index (κ3) is 4.09. The van der Waals surface area contributed by atoms with Gasteiger partial charge in [0.05, 0.1) is 19.2 Å². The van der Waals surface area contributed by atoms with E-state index in [-0.39, 0.29) is 0 Å². The number of aryl methyl sites for hydroxylation is 1. The molecule has 0 bridgehead atoms. The van der Waals surface area contributed by atoms with Crippen LogP contribution >= 0.6 is 11.6 Å². The van der Waals surface area contributed by atoms with Gasteiger partial charge in [0.25, 0.3) is 0 Å². The zero-order valence-electron chi connectivity index (χ0n) is 12.4. The Balaban J connectivity index is 1.89. The molecule has 0 saturated carbocycles. The number of ether oxygens (including phenoxy) is 2. The molecule has 0 aliphatic heterocycles. The van der Waals surface area contributed by atoms with Crippen LogP contribution in [0.15, 0.2) is 18.5 Å². The van der Waals surface area contributed by atoms with E-state index >= 15 is 0 Å². The Morgan fingerprint density at radius 1 is 1.29 bits per heavy atom. The van der Waals surface area contributed by atoms with Crippen molar-refractivity contribution in [2.75, 3.05) is 20.8 Å². The Morgan fingerprint density at radius 2 is 2.10 bits per heavy atom. The van der Waals surface area contributed by atoms with E-state index in [4.69, 9.17) is 21.1 Å². The van der Waals surface area contributed by atoms with Crippen molar-refractivity contribution in [2.24, 2.45) is 7.05 Å². The summed E-state index contributed by atoms with van der Waals surface area (Å²) in [6.45, 7) is 1.48. The molecule has 0 saturated heterocycles. The van der Waals surface area contributed by atoms with Crippen LogP contribution in [0.5, 0.6) is 11.5 Å². The first-order chi connectivity index (χ1) is 10.1. The van der Waals surface area contributed by atoms with Crippen molar-refractivity contribution >= 4 is 11.6 Å². The fraction of sp³-hybridized carbons (Fsp3) is 0.429. The summed E-state index contributed by atoms with van der Waals surface area (Å²) < 4.78 is 12.2. The van der Waals surface area contributed by atoms with Crippen LogP contribution in [-0.2, 0) is 20.0 Å². The van der Waals surface area contributed by atoms with Crippen molar-refractivity contribution in [2.45, 2.75) is 13.0 Å². The largest absolute Gasteiger partial charge is 0.493 e. The summed E-state index contributed by atoms with van der Waals surface area (Å²) in [5.41, 5.74) is 1.03. The van der Waals surface area contributed by atoms with Crippen LogP contribution in [0.4, 0.5) is 0 Å². The number of hydrogen-bond acceptors (Lipinski definition) is 5. The van der Waals surface area contributed by atoms with Gasteiger partial charge in [-0.3, -0.25) is 4.68 Å². The monoisotopic (exact) mass is 310 g/mol. The van der Waals surface area contributed by atoms with E-state index in [1.807, 2.05) is 19.2 Å². The van der Waals surface area contributed by atoms with Gasteiger partial charge in [0.2, 0.25) is 0 Å². The lowest BCUT2D eigenvalue weighted by Crippen LogP contribution is -2.17. The van der Waals surface area contributed by atoms with Crippen molar-refractivity contribution in [3.8, 4) is 11.5 Å². The van der Waals surface area contributed by atoms with E-state index < -0.39 is 0 Å². The van der Waals surface area contributed by atoms with Gasteiger partial charge >= 0.3 is 0 Å². The molecule has 0 unspecified atom stereocenters. The van der Waals surface area contributed by atoms with Gasteiger partial charge in [0, 0.05) is 26.6 Å². The lowest BCUT2D eigenvalue weighted by atomic mass is 10.2. The van der Waals surface area contributed by atoms with Gasteiger partial charge in [0.15, 0.2) is 17.3 Å². The van der Waals surface area contributed by atoms with E-state index in [1.165, 1.54) is 0 Å². The predicted molar refractivity (Wildman–Crippen MR) is 81.0 cm³/mol. The van der Waals surface area contributed by atoms with Gasteiger partial charge in [-0.1, -0.05) is 11.6 Å². The van der Waals surface area contributed by atoms with Crippen LogP contribution in [0.2, 0.25) is 5.02 Å².